The highest BCUT2D eigenvalue weighted by atomic mass is 35.5. The summed E-state index contributed by atoms with van der Waals surface area (Å²) in [7, 11) is 0. The zero-order valence-corrected chi connectivity index (χ0v) is 11.1. The molecule has 0 aromatic heterocycles. The zero-order chi connectivity index (χ0) is 14.3. The Kier molecular flexibility index (Phi) is 3.36. The second-order valence-corrected chi connectivity index (χ2v) is 5.18. The van der Waals surface area contributed by atoms with Crippen molar-refractivity contribution in [1.82, 2.24) is 0 Å². The third kappa shape index (κ3) is 2.49. The maximum atomic E-state index is 13.4. The normalized spacial score (nSPS) is 21.2. The summed E-state index contributed by atoms with van der Waals surface area (Å²) in [6.45, 7) is 0. The van der Waals surface area contributed by atoms with Crippen LogP contribution in [0, 0.1) is 11.6 Å². The van der Waals surface area contributed by atoms with E-state index in [9.17, 15) is 13.9 Å². The Labute approximate surface area is 119 Å². The first-order valence-corrected chi connectivity index (χ1v) is 6.51. The van der Waals surface area contributed by atoms with Gasteiger partial charge >= 0.3 is 0 Å². The van der Waals surface area contributed by atoms with Crippen molar-refractivity contribution in [3.8, 4) is 5.75 Å². The topological polar surface area (TPSA) is 29.5 Å². The SMILES string of the molecule is O[C@@H]1CC(c2cc(F)cc(Cl)c2)Oc2cc(F)ccc21. The first kappa shape index (κ1) is 13.3. The Morgan fingerprint density at radius 1 is 1.10 bits per heavy atom. The minimum Gasteiger partial charge on any atom is -0.485 e. The van der Waals surface area contributed by atoms with Crippen LogP contribution in [0.1, 0.15) is 29.8 Å². The maximum absolute atomic E-state index is 13.4. The smallest absolute Gasteiger partial charge is 0.128 e. The fourth-order valence-electron chi connectivity index (χ4n) is 2.38. The first-order chi connectivity index (χ1) is 9.52. The minimum atomic E-state index is -0.786. The quantitative estimate of drug-likeness (QED) is 0.855. The molecule has 0 amide bonds. The van der Waals surface area contributed by atoms with Gasteiger partial charge in [0.1, 0.15) is 23.5 Å². The van der Waals surface area contributed by atoms with Crippen LogP contribution < -0.4 is 4.74 Å². The van der Waals surface area contributed by atoms with Gasteiger partial charge in [0.2, 0.25) is 0 Å². The van der Waals surface area contributed by atoms with Gasteiger partial charge in [-0.2, -0.15) is 0 Å². The lowest BCUT2D eigenvalue weighted by Crippen LogP contribution is -2.19. The van der Waals surface area contributed by atoms with E-state index in [1.54, 1.807) is 6.07 Å². The summed E-state index contributed by atoms with van der Waals surface area (Å²) in [5.74, 6) is -0.654. The van der Waals surface area contributed by atoms with Crippen molar-refractivity contribution in [1.29, 1.82) is 0 Å². The summed E-state index contributed by atoms with van der Waals surface area (Å²) < 4.78 is 32.3. The number of ether oxygens (including phenoxy) is 1. The summed E-state index contributed by atoms with van der Waals surface area (Å²) in [5.41, 5.74) is 1.05. The van der Waals surface area contributed by atoms with Gasteiger partial charge < -0.3 is 9.84 Å². The molecule has 20 heavy (non-hydrogen) atoms. The molecule has 0 saturated carbocycles. The van der Waals surface area contributed by atoms with Gasteiger partial charge in [0.15, 0.2) is 0 Å². The van der Waals surface area contributed by atoms with E-state index in [0.29, 0.717) is 11.1 Å². The number of aliphatic hydroxyl groups excluding tert-OH is 1. The molecule has 2 atom stereocenters. The number of halogens is 3. The Bertz CT molecular complexity index is 640. The van der Waals surface area contributed by atoms with Crippen molar-refractivity contribution in [3.63, 3.8) is 0 Å². The Hall–Kier alpha value is -1.65. The molecule has 0 bridgehead atoms. The van der Waals surface area contributed by atoms with E-state index < -0.39 is 23.8 Å². The molecule has 2 nitrogen and oxygen atoms in total. The van der Waals surface area contributed by atoms with Gasteiger partial charge in [0.05, 0.1) is 6.10 Å². The van der Waals surface area contributed by atoms with Gasteiger partial charge in [-0.25, -0.2) is 8.78 Å². The molecule has 2 aromatic rings. The Morgan fingerprint density at radius 3 is 2.65 bits per heavy atom. The van der Waals surface area contributed by atoms with Crippen LogP contribution in [0.4, 0.5) is 8.78 Å². The highest BCUT2D eigenvalue weighted by Gasteiger charge is 2.28. The molecule has 0 aliphatic carbocycles. The molecule has 104 valence electrons. The monoisotopic (exact) mass is 296 g/mol. The number of fused-ring (bicyclic) bond motifs is 1. The van der Waals surface area contributed by atoms with Crippen LogP contribution in [0.5, 0.6) is 5.75 Å². The van der Waals surface area contributed by atoms with Crippen LogP contribution in [0.2, 0.25) is 5.02 Å². The van der Waals surface area contributed by atoms with Crippen molar-refractivity contribution < 1.29 is 18.6 Å². The van der Waals surface area contributed by atoms with E-state index in [1.165, 1.54) is 30.3 Å². The van der Waals surface area contributed by atoms with Crippen LogP contribution in [0.25, 0.3) is 0 Å². The molecule has 1 unspecified atom stereocenters. The average molecular weight is 297 g/mol. The van der Waals surface area contributed by atoms with Crippen LogP contribution in [-0.2, 0) is 0 Å². The van der Waals surface area contributed by atoms with Gasteiger partial charge in [-0.1, -0.05) is 11.6 Å². The number of benzene rings is 2. The summed E-state index contributed by atoms with van der Waals surface area (Å²) >= 11 is 5.81. The summed E-state index contributed by atoms with van der Waals surface area (Å²) in [4.78, 5) is 0. The van der Waals surface area contributed by atoms with Gasteiger partial charge in [-0.3, -0.25) is 0 Å². The second-order valence-electron chi connectivity index (χ2n) is 4.74. The van der Waals surface area contributed by atoms with Crippen molar-refractivity contribution in [2.24, 2.45) is 0 Å². The largest absolute Gasteiger partial charge is 0.485 e. The van der Waals surface area contributed by atoms with Crippen LogP contribution in [0.3, 0.4) is 0 Å². The third-order valence-corrected chi connectivity index (χ3v) is 3.52. The molecule has 1 heterocycles. The molecule has 2 aromatic carbocycles. The van der Waals surface area contributed by atoms with Crippen LogP contribution in [-0.4, -0.2) is 5.11 Å². The number of hydrogen-bond donors (Lipinski definition) is 1. The third-order valence-electron chi connectivity index (χ3n) is 3.30. The predicted octanol–water partition coefficient (Wildman–Crippen LogP) is 4.18. The lowest BCUT2D eigenvalue weighted by Gasteiger charge is -2.30. The van der Waals surface area contributed by atoms with E-state index in [2.05, 4.69) is 0 Å². The fraction of sp³-hybridized carbons (Fsp3) is 0.200. The predicted molar refractivity (Wildman–Crippen MR) is 70.8 cm³/mol. The number of aliphatic hydroxyl groups is 1. The number of hydrogen-bond acceptors (Lipinski definition) is 2. The number of rotatable bonds is 1. The molecule has 0 spiro atoms. The van der Waals surface area contributed by atoms with E-state index >= 15 is 0 Å². The van der Waals surface area contributed by atoms with Crippen molar-refractivity contribution in [2.45, 2.75) is 18.6 Å². The second kappa shape index (κ2) is 5.04. The lowest BCUT2D eigenvalue weighted by molar-refractivity contribution is 0.0652. The highest BCUT2D eigenvalue weighted by molar-refractivity contribution is 6.30. The van der Waals surface area contributed by atoms with Crippen LogP contribution in [0.15, 0.2) is 36.4 Å². The zero-order valence-electron chi connectivity index (χ0n) is 10.3. The molecule has 1 aliphatic heterocycles. The van der Waals surface area contributed by atoms with E-state index in [0.717, 1.165) is 0 Å². The first-order valence-electron chi connectivity index (χ1n) is 6.13. The molecule has 0 saturated heterocycles. The van der Waals surface area contributed by atoms with Gasteiger partial charge in [-0.05, 0) is 35.9 Å². The Morgan fingerprint density at radius 2 is 1.90 bits per heavy atom. The van der Waals surface area contributed by atoms with Crippen molar-refractivity contribution in [2.75, 3.05) is 0 Å². The molecule has 5 heteroatoms. The molecule has 1 N–H and O–H groups in total. The van der Waals surface area contributed by atoms with Gasteiger partial charge in [-0.15, -0.1) is 0 Å². The van der Waals surface area contributed by atoms with Gasteiger partial charge in [0.25, 0.3) is 0 Å². The standard InChI is InChI=1S/C15H11ClF2O2/c16-9-3-8(4-11(18)5-9)14-7-13(19)12-2-1-10(17)6-15(12)20-14/h1-6,13-14,19H,7H2/t13-,14?/m1/s1. The van der Waals surface area contributed by atoms with Crippen LogP contribution >= 0.6 is 11.6 Å². The highest BCUT2D eigenvalue weighted by Crippen LogP contribution is 2.41. The van der Waals surface area contributed by atoms with Gasteiger partial charge in [0, 0.05) is 23.1 Å². The lowest BCUT2D eigenvalue weighted by atomic mass is 9.95. The van der Waals surface area contributed by atoms with E-state index in [1.807, 2.05) is 0 Å². The molecule has 3 rings (SSSR count). The average Bonchev–Trinajstić information content (AvgIpc) is 2.36. The molecule has 0 radical (unpaired) electrons. The van der Waals surface area contributed by atoms with E-state index in [-0.39, 0.29) is 17.2 Å². The summed E-state index contributed by atoms with van der Waals surface area (Å²) in [6.07, 6.45) is -1.09. The minimum absolute atomic E-state index is 0.253. The molecule has 1 aliphatic rings. The maximum Gasteiger partial charge on any atom is 0.128 e. The summed E-state index contributed by atoms with van der Waals surface area (Å²) in [5, 5.41) is 10.3. The summed E-state index contributed by atoms with van der Waals surface area (Å²) in [6, 6.07) is 8.04. The molecule has 0 fully saturated rings. The molecular weight excluding hydrogens is 286 g/mol. The van der Waals surface area contributed by atoms with E-state index in [4.69, 9.17) is 16.3 Å². The van der Waals surface area contributed by atoms with Crippen molar-refractivity contribution in [3.05, 3.63) is 64.2 Å². The molecular formula is C15H11ClF2O2. The van der Waals surface area contributed by atoms with Crippen molar-refractivity contribution >= 4 is 11.6 Å². The Balaban J connectivity index is 1.98. The fourth-order valence-corrected chi connectivity index (χ4v) is 2.61.